The SMILES string of the molecule is CCN(CC)CCOC(=O)c1ccc(NC(=S)Nc2sc(C(=O)N(CC)CC)c(C)c2C(=O)OC)cc1. The second-order valence-corrected chi connectivity index (χ2v) is 9.48. The lowest BCUT2D eigenvalue weighted by Crippen LogP contribution is -2.30. The molecule has 1 aromatic heterocycles. The van der Waals surface area contributed by atoms with Gasteiger partial charge in [-0.1, -0.05) is 13.8 Å². The standard InChI is InChI=1S/C26H36N4O5S2/c1-7-29(8-2)15-16-35-24(32)18-11-13-19(14-12-18)27-26(36)28-22-20(25(33)34-6)17(5)21(37-22)23(31)30(9-3)10-4/h11-14H,7-10,15-16H2,1-6H3,(H2,27,28,36). The number of hydrogen-bond acceptors (Lipinski definition) is 8. The van der Waals surface area contributed by atoms with Crippen LogP contribution >= 0.6 is 23.6 Å². The van der Waals surface area contributed by atoms with E-state index in [1.165, 1.54) is 7.11 Å². The zero-order valence-corrected chi connectivity index (χ0v) is 23.9. The Balaban J connectivity index is 2.10. The van der Waals surface area contributed by atoms with E-state index in [0.717, 1.165) is 24.4 Å². The highest BCUT2D eigenvalue weighted by molar-refractivity contribution is 7.80. The number of anilines is 2. The third-order valence-electron chi connectivity index (χ3n) is 5.92. The molecule has 1 heterocycles. The first-order chi connectivity index (χ1) is 17.7. The normalized spacial score (nSPS) is 10.7. The molecule has 0 atom stereocenters. The Kier molecular flexibility index (Phi) is 12.0. The van der Waals surface area contributed by atoms with Gasteiger partial charge in [0.1, 0.15) is 11.6 Å². The van der Waals surface area contributed by atoms with Gasteiger partial charge in [-0.25, -0.2) is 9.59 Å². The van der Waals surface area contributed by atoms with Crippen molar-refractivity contribution in [1.82, 2.24) is 9.80 Å². The summed E-state index contributed by atoms with van der Waals surface area (Å²) in [4.78, 5) is 42.1. The van der Waals surface area contributed by atoms with Crippen molar-refractivity contribution in [2.45, 2.75) is 34.6 Å². The van der Waals surface area contributed by atoms with Crippen LogP contribution in [0.5, 0.6) is 0 Å². The number of benzene rings is 1. The molecule has 2 rings (SSSR count). The molecule has 0 aliphatic rings. The topological polar surface area (TPSA) is 100 Å². The van der Waals surface area contributed by atoms with Gasteiger partial charge in [-0.05, 0) is 75.9 Å². The molecule has 1 aromatic carbocycles. The van der Waals surface area contributed by atoms with Crippen molar-refractivity contribution in [3.05, 3.63) is 45.8 Å². The molecule has 0 unspecified atom stereocenters. The number of nitrogens with one attached hydrogen (secondary N) is 2. The number of amides is 1. The predicted octanol–water partition coefficient (Wildman–Crippen LogP) is 4.63. The minimum atomic E-state index is -0.554. The third-order valence-corrected chi connectivity index (χ3v) is 7.32. The van der Waals surface area contributed by atoms with Crippen molar-refractivity contribution in [3.8, 4) is 0 Å². The first-order valence-corrected chi connectivity index (χ1v) is 13.5. The van der Waals surface area contributed by atoms with Crippen LogP contribution in [0.2, 0.25) is 0 Å². The van der Waals surface area contributed by atoms with Gasteiger partial charge >= 0.3 is 11.9 Å². The van der Waals surface area contributed by atoms with Crippen molar-refractivity contribution < 1.29 is 23.9 Å². The average Bonchev–Trinajstić information content (AvgIpc) is 3.22. The lowest BCUT2D eigenvalue weighted by Gasteiger charge is -2.18. The van der Waals surface area contributed by atoms with E-state index in [2.05, 4.69) is 29.4 Å². The van der Waals surface area contributed by atoms with E-state index >= 15 is 0 Å². The first-order valence-electron chi connectivity index (χ1n) is 12.3. The number of carbonyl (C=O) groups is 3. The van der Waals surface area contributed by atoms with Gasteiger partial charge in [0, 0.05) is 25.3 Å². The monoisotopic (exact) mass is 548 g/mol. The van der Waals surface area contributed by atoms with E-state index in [1.807, 2.05) is 13.8 Å². The summed E-state index contributed by atoms with van der Waals surface area (Å²) in [7, 11) is 1.29. The van der Waals surface area contributed by atoms with Gasteiger partial charge in [-0.2, -0.15) is 0 Å². The molecular formula is C26H36N4O5S2. The van der Waals surface area contributed by atoms with E-state index < -0.39 is 5.97 Å². The summed E-state index contributed by atoms with van der Waals surface area (Å²) in [6, 6.07) is 6.73. The molecule has 0 aliphatic carbocycles. The van der Waals surface area contributed by atoms with Crippen LogP contribution in [-0.2, 0) is 9.47 Å². The fourth-order valence-corrected chi connectivity index (χ4v) is 5.11. The van der Waals surface area contributed by atoms with E-state index in [-0.39, 0.29) is 22.6 Å². The molecule has 37 heavy (non-hydrogen) atoms. The number of ether oxygens (including phenoxy) is 2. The minimum absolute atomic E-state index is 0.149. The molecule has 1 amide bonds. The van der Waals surface area contributed by atoms with Crippen LogP contribution in [0, 0.1) is 6.92 Å². The van der Waals surface area contributed by atoms with Crippen LogP contribution in [-0.4, -0.2) is 79.2 Å². The number of thiocarbonyl (C=S) groups is 1. The van der Waals surface area contributed by atoms with Gasteiger partial charge < -0.3 is 29.9 Å². The molecule has 0 fully saturated rings. The summed E-state index contributed by atoms with van der Waals surface area (Å²) in [5.74, 6) is -1.09. The molecule has 9 nitrogen and oxygen atoms in total. The third kappa shape index (κ3) is 7.98. The van der Waals surface area contributed by atoms with Gasteiger partial charge in [0.2, 0.25) is 0 Å². The summed E-state index contributed by atoms with van der Waals surface area (Å²) in [5.41, 5.74) is 1.90. The Labute approximate surface area is 228 Å². The van der Waals surface area contributed by atoms with Crippen molar-refractivity contribution in [2.24, 2.45) is 0 Å². The molecule has 11 heteroatoms. The zero-order chi connectivity index (χ0) is 27.5. The number of hydrogen-bond donors (Lipinski definition) is 2. The molecule has 0 saturated carbocycles. The predicted molar refractivity (Wildman–Crippen MR) is 152 cm³/mol. The van der Waals surface area contributed by atoms with Crippen LogP contribution in [0.1, 0.15) is 63.6 Å². The highest BCUT2D eigenvalue weighted by atomic mass is 32.1. The summed E-state index contributed by atoms with van der Waals surface area (Å²) >= 11 is 6.61. The van der Waals surface area contributed by atoms with Crippen LogP contribution in [0.15, 0.2) is 24.3 Å². The number of esters is 2. The summed E-state index contributed by atoms with van der Waals surface area (Å²) in [5, 5.41) is 6.71. The number of rotatable bonds is 12. The van der Waals surface area contributed by atoms with E-state index in [0.29, 0.717) is 52.9 Å². The fraction of sp³-hybridized carbons (Fsp3) is 0.462. The molecule has 0 saturated heterocycles. The van der Waals surface area contributed by atoms with Crippen LogP contribution in [0.25, 0.3) is 0 Å². The van der Waals surface area contributed by atoms with Gasteiger partial charge in [0.25, 0.3) is 5.91 Å². The van der Waals surface area contributed by atoms with Gasteiger partial charge in [-0.3, -0.25) is 4.79 Å². The maximum atomic E-state index is 13.0. The summed E-state index contributed by atoms with van der Waals surface area (Å²) in [6.07, 6.45) is 0. The maximum absolute atomic E-state index is 13.0. The molecule has 2 N–H and O–H groups in total. The van der Waals surface area contributed by atoms with Gasteiger partial charge in [-0.15, -0.1) is 11.3 Å². The Morgan fingerprint density at radius 3 is 2.11 bits per heavy atom. The number of nitrogens with zero attached hydrogens (tertiary/aromatic N) is 2. The number of thiophene rings is 1. The highest BCUT2D eigenvalue weighted by Crippen LogP contribution is 2.34. The Morgan fingerprint density at radius 2 is 1.57 bits per heavy atom. The molecule has 0 aliphatic heterocycles. The van der Waals surface area contributed by atoms with Crippen molar-refractivity contribution in [3.63, 3.8) is 0 Å². The Bertz CT molecular complexity index is 1090. The fourth-order valence-electron chi connectivity index (χ4n) is 3.65. The largest absolute Gasteiger partial charge is 0.465 e. The molecule has 202 valence electrons. The number of carbonyl (C=O) groups excluding carboxylic acids is 3. The van der Waals surface area contributed by atoms with E-state index in [1.54, 1.807) is 36.1 Å². The highest BCUT2D eigenvalue weighted by Gasteiger charge is 2.27. The second kappa shape index (κ2) is 14.7. The summed E-state index contributed by atoms with van der Waals surface area (Å²) in [6.45, 7) is 13.6. The number of methoxy groups -OCH3 is 1. The van der Waals surface area contributed by atoms with Crippen LogP contribution in [0.3, 0.4) is 0 Å². The van der Waals surface area contributed by atoms with Crippen molar-refractivity contribution in [1.29, 1.82) is 0 Å². The smallest absolute Gasteiger partial charge is 0.341 e. The lowest BCUT2D eigenvalue weighted by molar-refractivity contribution is 0.0465. The van der Waals surface area contributed by atoms with Crippen LogP contribution < -0.4 is 10.6 Å². The Morgan fingerprint density at radius 1 is 0.946 bits per heavy atom. The molecular weight excluding hydrogens is 512 g/mol. The van der Waals surface area contributed by atoms with Crippen molar-refractivity contribution in [2.75, 3.05) is 57.1 Å². The minimum Gasteiger partial charge on any atom is -0.465 e. The maximum Gasteiger partial charge on any atom is 0.341 e. The van der Waals surface area contributed by atoms with Crippen LogP contribution in [0.4, 0.5) is 10.7 Å². The van der Waals surface area contributed by atoms with E-state index in [9.17, 15) is 14.4 Å². The zero-order valence-electron chi connectivity index (χ0n) is 22.3. The quantitative estimate of drug-likeness (QED) is 0.290. The number of likely N-dealkylation sites (N-methyl/N-ethyl adjacent to an activating group) is 1. The summed E-state index contributed by atoms with van der Waals surface area (Å²) < 4.78 is 10.3. The molecule has 2 aromatic rings. The van der Waals surface area contributed by atoms with Crippen molar-refractivity contribution >= 4 is 57.2 Å². The van der Waals surface area contributed by atoms with Gasteiger partial charge in [0.15, 0.2) is 5.11 Å². The molecule has 0 bridgehead atoms. The molecule has 0 radical (unpaired) electrons. The second-order valence-electron chi connectivity index (χ2n) is 8.05. The average molecular weight is 549 g/mol. The van der Waals surface area contributed by atoms with E-state index in [4.69, 9.17) is 21.7 Å². The Hall–Kier alpha value is -3.02. The first kappa shape index (κ1) is 30.2. The van der Waals surface area contributed by atoms with Gasteiger partial charge in [0.05, 0.1) is 23.1 Å². The lowest BCUT2D eigenvalue weighted by atomic mass is 10.1. The molecule has 0 spiro atoms.